The molecule has 4 radical (unpaired) electrons. The molecule has 7 heterocycles. The van der Waals surface area contributed by atoms with E-state index in [4.69, 9.17) is 66.3 Å². The van der Waals surface area contributed by atoms with Crippen LogP contribution in [0.25, 0.3) is 22.3 Å². The third kappa shape index (κ3) is 5.70. The van der Waals surface area contributed by atoms with E-state index in [0.717, 1.165) is 0 Å². The number of aromatic amines is 2. The molecule has 18 nitrogen and oxygen atoms in total. The lowest BCUT2D eigenvalue weighted by atomic mass is 10.1. The zero-order valence-electron chi connectivity index (χ0n) is 23.0. The lowest BCUT2D eigenvalue weighted by molar-refractivity contribution is -0.0530. The Morgan fingerprint density at radius 3 is 1.93 bits per heavy atom. The molecule has 3 saturated heterocycles. The van der Waals surface area contributed by atoms with Crippen LogP contribution in [0.4, 0.5) is 0 Å². The van der Waals surface area contributed by atoms with Crippen LogP contribution in [0.2, 0.25) is 0 Å². The van der Waals surface area contributed by atoms with E-state index in [0.29, 0.717) is 5.82 Å². The largest absolute Gasteiger partial charge is 0.386 e. The third-order valence-electron chi connectivity index (χ3n) is 7.46. The van der Waals surface area contributed by atoms with Crippen LogP contribution in [0, 0.1) is 6.92 Å². The Kier molecular flexibility index (Phi) is 8.03. The summed E-state index contributed by atoms with van der Waals surface area (Å²) in [5, 5.41) is 22.7. The molecule has 234 valence electrons. The second-order valence-electron chi connectivity index (χ2n) is 10.5. The van der Waals surface area contributed by atoms with E-state index in [9.17, 15) is 19.8 Å². The minimum absolute atomic E-state index is 0.0271. The summed E-state index contributed by atoms with van der Waals surface area (Å²) in [4.78, 5) is 46.1. The molecule has 10 atom stereocenters. The summed E-state index contributed by atoms with van der Waals surface area (Å²) < 4.78 is 38.5. The van der Waals surface area contributed by atoms with Gasteiger partial charge in [0.05, 0.1) is 32.2 Å². The van der Waals surface area contributed by atoms with Crippen LogP contribution in [-0.4, -0.2) is 114 Å². The van der Waals surface area contributed by atoms with E-state index in [1.165, 1.54) is 28.1 Å². The van der Waals surface area contributed by atoms with Crippen molar-refractivity contribution in [3.8, 4) is 0 Å². The minimum atomic E-state index is -3.64. The average Bonchev–Trinajstić information content (AvgIpc) is 3.72. The summed E-state index contributed by atoms with van der Waals surface area (Å²) >= 11 is 10.9. The summed E-state index contributed by atoms with van der Waals surface area (Å²) in [5.41, 5.74) is -0.585. The monoisotopic (exact) mass is 694 g/mol. The molecule has 0 spiro atoms. The first-order valence-corrected chi connectivity index (χ1v) is 18.7. The molecule has 24 heteroatoms. The fourth-order valence-corrected chi connectivity index (χ4v) is 8.45. The van der Waals surface area contributed by atoms with Crippen molar-refractivity contribution in [1.82, 2.24) is 39.0 Å². The number of ether oxygens (including phenoxy) is 2. The molecule has 4 aromatic rings. The highest BCUT2D eigenvalue weighted by Gasteiger charge is 2.51. The van der Waals surface area contributed by atoms with Crippen LogP contribution < -0.4 is 11.1 Å². The number of nitrogens with one attached hydrogen (secondary N) is 2. The molecule has 45 heavy (non-hydrogen) atoms. The lowest BCUT2D eigenvalue weighted by Crippen LogP contribution is -2.39. The second kappa shape index (κ2) is 11.5. The van der Waals surface area contributed by atoms with Gasteiger partial charge in [-0.05, 0) is 30.5 Å². The first kappa shape index (κ1) is 31.4. The Morgan fingerprint density at radius 2 is 1.38 bits per heavy atom. The zero-order chi connectivity index (χ0) is 31.8. The van der Waals surface area contributed by atoms with E-state index in [2.05, 4.69) is 29.9 Å². The van der Waals surface area contributed by atoms with Gasteiger partial charge in [-0.3, -0.25) is 18.7 Å². The van der Waals surface area contributed by atoms with E-state index in [-0.39, 0.29) is 35.5 Å². The highest BCUT2D eigenvalue weighted by molar-refractivity contribution is 8.21. The summed E-state index contributed by atoms with van der Waals surface area (Å²) in [5.74, 6) is 0.322. The number of hydrogen-bond donors (Lipinski definition) is 4. The Labute approximate surface area is 264 Å². The number of aliphatic hydroxyl groups excluding tert-OH is 2. The van der Waals surface area contributed by atoms with Gasteiger partial charge in [0.2, 0.25) is 0 Å². The zero-order valence-corrected chi connectivity index (χ0v) is 26.4. The van der Waals surface area contributed by atoms with Gasteiger partial charge in [0.25, 0.3) is 11.1 Å². The van der Waals surface area contributed by atoms with Gasteiger partial charge in [0.1, 0.15) is 55.2 Å². The summed E-state index contributed by atoms with van der Waals surface area (Å²) in [6.07, 6.45) is -13.2. The molecule has 3 aliphatic heterocycles. The van der Waals surface area contributed by atoms with Crippen molar-refractivity contribution in [1.29, 1.82) is 0 Å². The van der Waals surface area contributed by atoms with Gasteiger partial charge in [-0.15, -0.1) is 0 Å². The first-order chi connectivity index (χ1) is 21.3. The van der Waals surface area contributed by atoms with E-state index >= 15 is 0 Å². The van der Waals surface area contributed by atoms with Crippen molar-refractivity contribution in [2.24, 2.45) is 0 Å². The standard InChI is InChI=1S/C21H22B2N8O10P2S2/c1-7-28-17-11(19(35)29-7)27-6-31(17)21-13(33)15-9(39-21)3-37-42(22,44)40-14-8(2-36-43(23,45)41-15)38-20(12(14)32)30-5-26-10-16(30)24-4-25-18(10)34/h4-6,8-9,12-15,20-21,32-33H,2-3H2,1H3,(H,24,25,34)(H,28,29,35)/t8-,9-,12+,13+,14?,15?,20-,21-,42?,43?/m1/s1. The van der Waals surface area contributed by atoms with Crippen LogP contribution in [0.5, 0.6) is 0 Å². The smallest absolute Gasteiger partial charge is 0.279 e. The summed E-state index contributed by atoms with van der Waals surface area (Å²) in [7, 11) is 12.6. The molecule has 3 aliphatic rings. The molecule has 0 amide bonds. The predicted octanol–water partition coefficient (Wildman–Crippen LogP) is -1.32. The van der Waals surface area contributed by atoms with Gasteiger partial charge in [0, 0.05) is 0 Å². The van der Waals surface area contributed by atoms with Gasteiger partial charge in [0.15, 0.2) is 49.9 Å². The maximum Gasteiger partial charge on any atom is 0.279 e. The van der Waals surface area contributed by atoms with Crippen molar-refractivity contribution in [3.63, 3.8) is 0 Å². The molecule has 0 aliphatic carbocycles. The van der Waals surface area contributed by atoms with Crippen LogP contribution in [0.15, 0.2) is 28.6 Å². The Hall–Kier alpha value is -2.19. The molecule has 0 saturated carbocycles. The number of hydrogen-bond acceptors (Lipinski definition) is 16. The van der Waals surface area contributed by atoms with Crippen LogP contribution in [0.1, 0.15) is 18.3 Å². The summed E-state index contributed by atoms with van der Waals surface area (Å²) in [6, 6.07) is 0. The number of nitrogens with zero attached hydrogens (tertiary/aromatic N) is 6. The third-order valence-corrected chi connectivity index (χ3v) is 10.7. The Balaban J connectivity index is 1.17. The van der Waals surface area contributed by atoms with Crippen molar-refractivity contribution in [2.45, 2.75) is 56.0 Å². The molecule has 4 unspecified atom stereocenters. The highest BCUT2D eigenvalue weighted by Crippen LogP contribution is 2.53. The van der Waals surface area contributed by atoms with Crippen LogP contribution in [0.3, 0.4) is 0 Å². The highest BCUT2D eigenvalue weighted by atomic mass is 32.5. The number of rotatable bonds is 2. The first-order valence-electron chi connectivity index (χ1n) is 13.3. The average molecular weight is 694 g/mol. The van der Waals surface area contributed by atoms with Crippen LogP contribution in [-0.2, 0) is 51.2 Å². The normalized spacial score (nSPS) is 37.7. The maximum atomic E-state index is 12.4. The number of fused-ring (bicyclic) bond motifs is 4. The van der Waals surface area contributed by atoms with Crippen molar-refractivity contribution >= 4 is 73.8 Å². The molecule has 3 fully saturated rings. The van der Waals surface area contributed by atoms with E-state index in [1.54, 1.807) is 6.92 Å². The number of imidazole rings is 2. The number of aryl methyl sites for hydroxylation is 1. The predicted molar refractivity (Wildman–Crippen MR) is 163 cm³/mol. The summed E-state index contributed by atoms with van der Waals surface area (Å²) in [6.45, 7) is 0.896. The van der Waals surface area contributed by atoms with Gasteiger partial charge < -0.3 is 47.7 Å². The quantitative estimate of drug-likeness (QED) is 0.141. The molecule has 0 aromatic carbocycles. The van der Waals surface area contributed by atoms with Crippen molar-refractivity contribution in [3.05, 3.63) is 45.5 Å². The van der Waals surface area contributed by atoms with E-state index in [1.807, 2.05) is 0 Å². The molecule has 4 N–H and O–H groups in total. The molecule has 7 rings (SSSR count). The lowest BCUT2D eigenvalue weighted by Gasteiger charge is -2.33. The van der Waals surface area contributed by atoms with Crippen molar-refractivity contribution in [2.75, 3.05) is 13.2 Å². The Bertz CT molecular complexity index is 2010. The number of aromatic nitrogens is 8. The van der Waals surface area contributed by atoms with Crippen molar-refractivity contribution < 1.29 is 37.8 Å². The molecular formula is C21H22B2N8O10P2S2. The van der Waals surface area contributed by atoms with E-state index < -0.39 is 72.9 Å². The van der Waals surface area contributed by atoms with Gasteiger partial charge in [-0.1, -0.05) is 0 Å². The van der Waals surface area contributed by atoms with Gasteiger partial charge in [-0.25, -0.2) is 19.9 Å². The fraction of sp³-hybridized carbons (Fsp3) is 0.524. The van der Waals surface area contributed by atoms with Gasteiger partial charge in [-0.2, -0.15) is 0 Å². The molecular weight excluding hydrogens is 672 g/mol. The number of aliphatic hydroxyl groups is 2. The topological polar surface area (TPSA) is 223 Å². The van der Waals surface area contributed by atoms with Gasteiger partial charge >= 0.3 is 0 Å². The maximum absolute atomic E-state index is 12.4. The fourth-order valence-electron chi connectivity index (χ4n) is 5.45. The second-order valence-corrected chi connectivity index (χ2v) is 16.6. The minimum Gasteiger partial charge on any atom is -0.386 e. The SMILES string of the molecule is [B]P1(=S)OC[C@H]2O[C@@H](n3cnc4c(=O)[nH]c(C)nc43)[C@@H](O)C2OP([B])(=S)OC[C@H]2O[C@@H](n3cnc4c(=O)[nH]cnc43)[C@@H](O)C2O1. The molecule has 4 aromatic heterocycles. The van der Waals surface area contributed by atoms with Crippen LogP contribution >= 0.6 is 12.7 Å². The molecule has 0 bridgehead atoms. The number of H-pyrrole nitrogens is 2. The Morgan fingerprint density at radius 1 is 0.867 bits per heavy atom.